The number of rotatable bonds is 8. The summed E-state index contributed by atoms with van der Waals surface area (Å²) in [6, 6.07) is 33.2. The Kier molecular flexibility index (Phi) is 6.62. The molecule has 0 aliphatic rings. The van der Waals surface area contributed by atoms with Gasteiger partial charge in [0, 0.05) is 34.7 Å². The molecular weight excluding hydrogens is 433 g/mol. The third kappa shape index (κ3) is 4.69. The molecule has 6 heteroatoms. The highest BCUT2D eigenvalue weighted by Crippen LogP contribution is 2.59. The van der Waals surface area contributed by atoms with Crippen LogP contribution in [0.5, 0.6) is 0 Å². The maximum absolute atomic E-state index is 15.0. The average Bonchev–Trinajstić information content (AvgIpc) is 2.88. The van der Waals surface area contributed by atoms with E-state index in [0.29, 0.717) is 21.7 Å². The highest BCUT2D eigenvalue weighted by atomic mass is 31.2. The fourth-order valence-corrected chi connectivity index (χ4v) is 7.26. The first-order chi connectivity index (χ1) is 16.0. The molecule has 0 amide bonds. The monoisotopic (exact) mass is 455 g/mol. The molecule has 4 rings (SSSR count). The second kappa shape index (κ2) is 9.76. The Morgan fingerprint density at radius 1 is 0.727 bits per heavy atom. The molecule has 1 atom stereocenters. The van der Waals surface area contributed by atoms with Gasteiger partial charge in [-0.05, 0) is 5.56 Å². The van der Waals surface area contributed by atoms with E-state index >= 15 is 4.57 Å². The molecule has 164 valence electrons. The molecule has 4 aromatic rings. The maximum Gasteiger partial charge on any atom is 0.269 e. The van der Waals surface area contributed by atoms with Crippen molar-refractivity contribution < 1.29 is 14.3 Å². The zero-order valence-corrected chi connectivity index (χ0v) is 18.7. The first-order valence-corrected chi connectivity index (χ1v) is 12.3. The summed E-state index contributed by atoms with van der Waals surface area (Å²) in [6.07, 6.45) is 0.00287. The lowest BCUT2D eigenvalue weighted by atomic mass is 10.0. The maximum atomic E-state index is 15.0. The highest BCUT2D eigenvalue weighted by molar-refractivity contribution is 7.79. The van der Waals surface area contributed by atoms with Crippen LogP contribution in [0, 0.1) is 10.1 Å². The summed E-state index contributed by atoms with van der Waals surface area (Å²) in [4.78, 5) is 24.0. The number of hydrogen-bond donors (Lipinski definition) is 0. The molecule has 5 nitrogen and oxygen atoms in total. The number of non-ortho nitro benzene ring substituents is 1. The lowest BCUT2D eigenvalue weighted by Gasteiger charge is -2.29. The minimum Gasteiger partial charge on any atom is -0.313 e. The van der Waals surface area contributed by atoms with E-state index in [0.717, 1.165) is 0 Å². The van der Waals surface area contributed by atoms with Gasteiger partial charge in [-0.1, -0.05) is 103 Å². The van der Waals surface area contributed by atoms with Gasteiger partial charge in [-0.15, -0.1) is 0 Å². The molecule has 0 aliphatic heterocycles. The van der Waals surface area contributed by atoms with Crippen LogP contribution in [0.1, 0.15) is 28.0 Å². The van der Waals surface area contributed by atoms with Gasteiger partial charge in [0.05, 0.1) is 10.6 Å². The van der Waals surface area contributed by atoms with Gasteiger partial charge < -0.3 is 4.57 Å². The number of nitro groups is 1. The minimum absolute atomic E-state index is 0.00287. The molecule has 0 saturated heterocycles. The topological polar surface area (TPSA) is 77.3 Å². The highest BCUT2D eigenvalue weighted by Gasteiger charge is 2.39. The van der Waals surface area contributed by atoms with Crippen molar-refractivity contribution in [2.24, 2.45) is 0 Å². The molecule has 0 aliphatic carbocycles. The number of carbonyl (C=O) groups excluding carboxylic acids is 1. The van der Waals surface area contributed by atoms with Gasteiger partial charge in [-0.25, -0.2) is 0 Å². The quantitative estimate of drug-likeness (QED) is 0.143. The lowest BCUT2D eigenvalue weighted by Crippen LogP contribution is -2.23. The summed E-state index contributed by atoms with van der Waals surface area (Å²) in [5.41, 5.74) is 0.426. The first-order valence-electron chi connectivity index (χ1n) is 10.5. The molecule has 0 fully saturated rings. The zero-order valence-electron chi connectivity index (χ0n) is 17.8. The molecule has 0 aromatic heterocycles. The van der Waals surface area contributed by atoms with Gasteiger partial charge in [0.15, 0.2) is 12.9 Å². The number of Topliss-reactive ketones (excluding diaryl/α,β-unsaturated/α-hetero) is 1. The SMILES string of the molecule is O=C(C[C@H](c1ccc([N+](=O)[O-])cc1)P(=O)(c1ccccc1)c1ccccc1)c1ccccc1. The van der Waals surface area contributed by atoms with Gasteiger partial charge in [-0.2, -0.15) is 0 Å². The van der Waals surface area contributed by atoms with E-state index in [1.165, 1.54) is 12.1 Å². The number of nitrogens with zero attached hydrogens (tertiary/aromatic N) is 1. The van der Waals surface area contributed by atoms with Crippen molar-refractivity contribution in [3.05, 3.63) is 137 Å². The van der Waals surface area contributed by atoms with E-state index in [-0.39, 0.29) is 17.9 Å². The molecular formula is C27H22NO4P. The van der Waals surface area contributed by atoms with Crippen LogP contribution < -0.4 is 10.6 Å². The van der Waals surface area contributed by atoms with Crippen LogP contribution in [0.3, 0.4) is 0 Å². The van der Waals surface area contributed by atoms with E-state index in [1.807, 2.05) is 66.7 Å². The van der Waals surface area contributed by atoms with Crippen LogP contribution in [-0.4, -0.2) is 10.7 Å². The third-order valence-electron chi connectivity index (χ3n) is 5.68. The van der Waals surface area contributed by atoms with Crippen molar-refractivity contribution in [2.45, 2.75) is 12.1 Å². The van der Waals surface area contributed by atoms with E-state index in [4.69, 9.17) is 0 Å². The predicted octanol–water partition coefficient (Wildman–Crippen LogP) is 5.92. The molecule has 0 spiro atoms. The van der Waals surface area contributed by atoms with Crippen LogP contribution in [-0.2, 0) is 4.57 Å². The van der Waals surface area contributed by atoms with Crippen molar-refractivity contribution in [1.29, 1.82) is 0 Å². The van der Waals surface area contributed by atoms with Crippen LogP contribution in [0.25, 0.3) is 0 Å². The molecule has 33 heavy (non-hydrogen) atoms. The second-order valence-electron chi connectivity index (χ2n) is 7.69. The van der Waals surface area contributed by atoms with Gasteiger partial charge in [0.1, 0.15) is 0 Å². The van der Waals surface area contributed by atoms with Crippen molar-refractivity contribution in [1.82, 2.24) is 0 Å². The number of hydrogen-bond acceptors (Lipinski definition) is 4. The number of ketones is 1. The summed E-state index contributed by atoms with van der Waals surface area (Å²) in [7, 11) is -3.36. The van der Waals surface area contributed by atoms with Gasteiger partial charge in [0.2, 0.25) is 0 Å². The molecule has 0 bridgehead atoms. The van der Waals surface area contributed by atoms with Gasteiger partial charge in [-0.3, -0.25) is 14.9 Å². The second-order valence-corrected chi connectivity index (χ2v) is 10.7. The molecule has 0 radical (unpaired) electrons. The number of benzene rings is 4. The molecule has 4 aromatic carbocycles. The lowest BCUT2D eigenvalue weighted by molar-refractivity contribution is -0.384. The molecule has 0 N–H and O–H groups in total. The fourth-order valence-electron chi connectivity index (χ4n) is 4.00. The van der Waals surface area contributed by atoms with Crippen LogP contribution in [0.4, 0.5) is 5.69 Å². The molecule has 0 unspecified atom stereocenters. The van der Waals surface area contributed by atoms with Crippen LogP contribution >= 0.6 is 7.14 Å². The normalized spacial score (nSPS) is 12.1. The summed E-state index contributed by atoms with van der Waals surface area (Å²) in [5, 5.41) is 12.5. The fraction of sp³-hybridized carbons (Fsp3) is 0.0741. The van der Waals surface area contributed by atoms with Gasteiger partial charge in [0.25, 0.3) is 5.69 Å². The zero-order chi connectivity index (χ0) is 23.3. The van der Waals surface area contributed by atoms with E-state index in [9.17, 15) is 14.9 Å². The van der Waals surface area contributed by atoms with E-state index in [1.54, 1.807) is 36.4 Å². The standard InChI is InChI=1S/C27H22NO4P/c29-26(21-10-4-1-5-11-21)20-27(22-16-18-23(19-17-22)28(30)31)33(32,24-12-6-2-7-13-24)25-14-8-3-9-15-25/h1-19,27H,20H2/t27-/m1/s1. The Morgan fingerprint density at radius 2 is 1.18 bits per heavy atom. The Balaban J connectivity index is 1.89. The Labute approximate surface area is 192 Å². The van der Waals surface area contributed by atoms with Crippen LogP contribution in [0.15, 0.2) is 115 Å². The van der Waals surface area contributed by atoms with Crippen molar-refractivity contribution in [3.63, 3.8) is 0 Å². The average molecular weight is 455 g/mol. The largest absolute Gasteiger partial charge is 0.313 e. The summed E-state index contributed by atoms with van der Waals surface area (Å²) >= 11 is 0. The number of nitro benzene ring substituents is 1. The van der Waals surface area contributed by atoms with Gasteiger partial charge >= 0.3 is 0 Å². The Bertz CT molecular complexity index is 1250. The molecule has 0 saturated carbocycles. The Morgan fingerprint density at radius 3 is 1.64 bits per heavy atom. The smallest absolute Gasteiger partial charge is 0.269 e. The number of carbonyl (C=O) groups is 1. The summed E-state index contributed by atoms with van der Waals surface area (Å²) in [6.45, 7) is 0. The van der Waals surface area contributed by atoms with Crippen LogP contribution in [0.2, 0.25) is 0 Å². The van der Waals surface area contributed by atoms with Crippen molar-refractivity contribution >= 4 is 29.2 Å². The minimum atomic E-state index is -3.36. The predicted molar refractivity (Wildman–Crippen MR) is 131 cm³/mol. The van der Waals surface area contributed by atoms with E-state index in [2.05, 4.69) is 0 Å². The summed E-state index contributed by atoms with van der Waals surface area (Å²) < 4.78 is 15.0. The Hall–Kier alpha value is -3.82. The van der Waals surface area contributed by atoms with E-state index < -0.39 is 17.7 Å². The summed E-state index contributed by atoms with van der Waals surface area (Å²) in [5.74, 6) is -0.133. The van der Waals surface area contributed by atoms with Crippen molar-refractivity contribution in [2.75, 3.05) is 0 Å². The first kappa shape index (κ1) is 22.4. The molecule has 0 heterocycles. The third-order valence-corrected chi connectivity index (χ3v) is 9.17. The van der Waals surface area contributed by atoms with Crippen molar-refractivity contribution in [3.8, 4) is 0 Å².